The van der Waals surface area contributed by atoms with Gasteiger partial charge >= 0.3 is 5.69 Å². The molecule has 0 unspecified atom stereocenters. The Balaban J connectivity index is 1.95. The first-order valence-electron chi connectivity index (χ1n) is 9.92. The molecule has 0 atom stereocenters. The van der Waals surface area contributed by atoms with Crippen LogP contribution in [0.3, 0.4) is 0 Å². The molecule has 0 bridgehead atoms. The Morgan fingerprint density at radius 2 is 1.93 bits per heavy atom. The molecule has 1 saturated heterocycles. The van der Waals surface area contributed by atoms with Crippen LogP contribution in [0.25, 0.3) is 11.0 Å². The molecule has 1 aliphatic heterocycles. The van der Waals surface area contributed by atoms with Gasteiger partial charge in [0.25, 0.3) is 11.5 Å². The summed E-state index contributed by atoms with van der Waals surface area (Å²) < 4.78 is 1.51. The fourth-order valence-electron chi connectivity index (χ4n) is 3.85. The van der Waals surface area contributed by atoms with Crippen molar-refractivity contribution in [1.82, 2.24) is 19.4 Å². The Kier molecular flexibility index (Phi) is 4.61. The number of likely N-dealkylation sites (tertiary alicyclic amines) is 1. The number of fused-ring (bicyclic) bond motifs is 1. The van der Waals surface area contributed by atoms with Crippen molar-refractivity contribution in [3.05, 3.63) is 38.2 Å². The molecule has 1 aliphatic carbocycles. The summed E-state index contributed by atoms with van der Waals surface area (Å²) in [6.45, 7) is 5.89. The highest BCUT2D eigenvalue weighted by Crippen LogP contribution is 2.40. The van der Waals surface area contributed by atoms with Crippen molar-refractivity contribution >= 4 is 16.9 Å². The summed E-state index contributed by atoms with van der Waals surface area (Å²) in [4.78, 5) is 47.2. The SMILES string of the molecule is CC(C)Cn1c(=O)[nH]c(=O)c2c(C(=O)N3CCCCC3)cc(C3CC3)nc21. The van der Waals surface area contributed by atoms with Crippen LogP contribution in [0.4, 0.5) is 0 Å². The van der Waals surface area contributed by atoms with Gasteiger partial charge in [-0.3, -0.25) is 19.1 Å². The number of nitrogens with one attached hydrogen (secondary N) is 1. The van der Waals surface area contributed by atoms with Crippen LogP contribution in [-0.2, 0) is 6.54 Å². The van der Waals surface area contributed by atoms with Crippen molar-refractivity contribution in [3.8, 4) is 0 Å². The van der Waals surface area contributed by atoms with E-state index in [0.717, 1.165) is 37.8 Å². The van der Waals surface area contributed by atoms with Gasteiger partial charge in [0.15, 0.2) is 5.65 Å². The van der Waals surface area contributed by atoms with Crippen LogP contribution in [-0.4, -0.2) is 38.4 Å². The van der Waals surface area contributed by atoms with Crippen molar-refractivity contribution < 1.29 is 4.79 Å². The number of H-pyrrole nitrogens is 1. The maximum Gasteiger partial charge on any atom is 0.330 e. The molecule has 27 heavy (non-hydrogen) atoms. The molecule has 2 fully saturated rings. The van der Waals surface area contributed by atoms with Gasteiger partial charge in [-0.05, 0) is 44.1 Å². The van der Waals surface area contributed by atoms with Gasteiger partial charge in [0, 0.05) is 31.2 Å². The second-order valence-corrected chi connectivity index (χ2v) is 8.18. The minimum Gasteiger partial charge on any atom is -0.339 e. The van der Waals surface area contributed by atoms with Crippen LogP contribution in [0, 0.1) is 5.92 Å². The Labute approximate surface area is 157 Å². The van der Waals surface area contributed by atoms with Crippen LogP contribution in [0.5, 0.6) is 0 Å². The topological polar surface area (TPSA) is 88.1 Å². The van der Waals surface area contributed by atoms with Crippen LogP contribution in [0.15, 0.2) is 15.7 Å². The molecular formula is C20H26N4O3. The summed E-state index contributed by atoms with van der Waals surface area (Å²) in [5.74, 6) is 0.415. The summed E-state index contributed by atoms with van der Waals surface area (Å²) in [6.07, 6.45) is 5.17. The van der Waals surface area contributed by atoms with E-state index < -0.39 is 11.2 Å². The quantitative estimate of drug-likeness (QED) is 0.894. The summed E-state index contributed by atoms with van der Waals surface area (Å²) in [7, 11) is 0. The minimum absolute atomic E-state index is 0.121. The van der Waals surface area contributed by atoms with Gasteiger partial charge in [-0.25, -0.2) is 9.78 Å². The van der Waals surface area contributed by atoms with E-state index in [9.17, 15) is 14.4 Å². The highest BCUT2D eigenvalue weighted by atomic mass is 16.2. The molecule has 0 spiro atoms. The van der Waals surface area contributed by atoms with Crippen LogP contribution < -0.4 is 11.2 Å². The smallest absolute Gasteiger partial charge is 0.330 e. The van der Waals surface area contributed by atoms with E-state index in [1.54, 1.807) is 6.07 Å². The highest BCUT2D eigenvalue weighted by Gasteiger charge is 2.30. The number of hydrogen-bond acceptors (Lipinski definition) is 4. The minimum atomic E-state index is -0.523. The maximum atomic E-state index is 13.2. The summed E-state index contributed by atoms with van der Waals surface area (Å²) >= 11 is 0. The number of hydrogen-bond donors (Lipinski definition) is 1. The number of piperidine rings is 1. The molecule has 3 heterocycles. The fourth-order valence-corrected chi connectivity index (χ4v) is 3.85. The van der Waals surface area contributed by atoms with E-state index in [0.29, 0.717) is 36.8 Å². The number of rotatable bonds is 4. The lowest BCUT2D eigenvalue weighted by molar-refractivity contribution is 0.0726. The van der Waals surface area contributed by atoms with Crippen LogP contribution in [0.2, 0.25) is 0 Å². The van der Waals surface area contributed by atoms with E-state index in [1.807, 2.05) is 18.7 Å². The molecule has 1 amide bonds. The van der Waals surface area contributed by atoms with Crippen molar-refractivity contribution in [3.63, 3.8) is 0 Å². The molecule has 1 saturated carbocycles. The summed E-state index contributed by atoms with van der Waals surface area (Å²) in [5.41, 5.74) is 0.582. The molecular weight excluding hydrogens is 344 g/mol. The molecule has 7 heteroatoms. The number of aromatic amines is 1. The molecule has 4 rings (SSSR count). The third-order valence-electron chi connectivity index (χ3n) is 5.39. The molecule has 7 nitrogen and oxygen atoms in total. The van der Waals surface area contributed by atoms with Crippen LogP contribution >= 0.6 is 0 Å². The van der Waals surface area contributed by atoms with E-state index in [-0.39, 0.29) is 17.2 Å². The first-order chi connectivity index (χ1) is 13.0. The number of amides is 1. The lowest BCUT2D eigenvalue weighted by Crippen LogP contribution is -2.38. The molecule has 2 aromatic rings. The van der Waals surface area contributed by atoms with Crippen molar-refractivity contribution in [1.29, 1.82) is 0 Å². The third-order valence-corrected chi connectivity index (χ3v) is 5.39. The normalized spacial score (nSPS) is 17.7. The first-order valence-corrected chi connectivity index (χ1v) is 9.92. The lowest BCUT2D eigenvalue weighted by Gasteiger charge is -2.27. The summed E-state index contributed by atoms with van der Waals surface area (Å²) in [6, 6.07) is 1.79. The van der Waals surface area contributed by atoms with Crippen LogP contribution in [0.1, 0.15) is 67.9 Å². The maximum absolute atomic E-state index is 13.2. The van der Waals surface area contributed by atoms with Gasteiger partial charge in [-0.1, -0.05) is 13.8 Å². The predicted octanol–water partition coefficient (Wildman–Crippen LogP) is 2.24. The number of carbonyl (C=O) groups excluding carboxylic acids is 1. The molecule has 0 aromatic carbocycles. The lowest BCUT2D eigenvalue weighted by atomic mass is 10.1. The van der Waals surface area contributed by atoms with Gasteiger partial charge in [0.1, 0.15) is 0 Å². The summed E-state index contributed by atoms with van der Waals surface area (Å²) in [5, 5.41) is 0.246. The van der Waals surface area contributed by atoms with Gasteiger partial charge in [0.2, 0.25) is 0 Å². The van der Waals surface area contributed by atoms with Gasteiger partial charge in [-0.15, -0.1) is 0 Å². The number of carbonyl (C=O) groups is 1. The zero-order valence-corrected chi connectivity index (χ0v) is 16.0. The zero-order valence-electron chi connectivity index (χ0n) is 16.0. The van der Waals surface area contributed by atoms with E-state index in [1.165, 1.54) is 4.57 Å². The van der Waals surface area contributed by atoms with Gasteiger partial charge < -0.3 is 4.90 Å². The predicted molar refractivity (Wildman–Crippen MR) is 103 cm³/mol. The Morgan fingerprint density at radius 3 is 2.56 bits per heavy atom. The average Bonchev–Trinajstić information content (AvgIpc) is 3.49. The number of nitrogens with zero attached hydrogens (tertiary/aromatic N) is 3. The Morgan fingerprint density at radius 1 is 1.22 bits per heavy atom. The standard InChI is InChI=1S/C20H26N4O3/c1-12(2)11-24-17-16(18(25)22-20(24)27)14(10-15(21-17)13-6-7-13)19(26)23-8-4-3-5-9-23/h10,12-13H,3-9,11H2,1-2H3,(H,22,25,27). The molecule has 2 aromatic heterocycles. The molecule has 2 aliphatic rings. The molecule has 1 N–H and O–H groups in total. The second kappa shape index (κ2) is 6.94. The Hall–Kier alpha value is -2.44. The second-order valence-electron chi connectivity index (χ2n) is 8.18. The van der Waals surface area contributed by atoms with Crippen molar-refractivity contribution in [2.45, 2.75) is 58.4 Å². The van der Waals surface area contributed by atoms with E-state index >= 15 is 0 Å². The highest BCUT2D eigenvalue weighted by molar-refractivity contribution is 6.05. The van der Waals surface area contributed by atoms with Crippen molar-refractivity contribution in [2.24, 2.45) is 5.92 Å². The molecule has 144 valence electrons. The monoisotopic (exact) mass is 370 g/mol. The number of aromatic nitrogens is 3. The van der Waals surface area contributed by atoms with E-state index in [4.69, 9.17) is 0 Å². The van der Waals surface area contributed by atoms with Gasteiger partial charge in [-0.2, -0.15) is 0 Å². The number of pyridine rings is 1. The van der Waals surface area contributed by atoms with E-state index in [2.05, 4.69) is 9.97 Å². The molecule has 0 radical (unpaired) electrons. The average molecular weight is 370 g/mol. The first kappa shape index (κ1) is 17.9. The fraction of sp³-hybridized carbons (Fsp3) is 0.600. The zero-order chi connectivity index (χ0) is 19.1. The Bertz CT molecular complexity index is 995. The largest absolute Gasteiger partial charge is 0.339 e. The third kappa shape index (κ3) is 3.42. The van der Waals surface area contributed by atoms with Gasteiger partial charge in [0.05, 0.1) is 10.9 Å². The van der Waals surface area contributed by atoms with Crippen molar-refractivity contribution in [2.75, 3.05) is 13.1 Å².